The van der Waals surface area contributed by atoms with Gasteiger partial charge in [-0.1, -0.05) is 6.07 Å². The van der Waals surface area contributed by atoms with E-state index in [4.69, 9.17) is 5.73 Å². The molecule has 3 N–H and O–H groups in total. The molecule has 2 heterocycles. The maximum Gasteiger partial charge on any atom is 0.124 e. The molecule has 6 heteroatoms. The monoisotopic (exact) mass is 316 g/mol. The van der Waals surface area contributed by atoms with E-state index in [0.29, 0.717) is 11.3 Å². The zero-order valence-corrected chi connectivity index (χ0v) is 13.2. The summed E-state index contributed by atoms with van der Waals surface area (Å²) >= 11 is 0. The summed E-state index contributed by atoms with van der Waals surface area (Å²) in [6, 6.07) is 5.08. The zero-order valence-electron chi connectivity index (χ0n) is 13.2. The van der Waals surface area contributed by atoms with Gasteiger partial charge in [-0.2, -0.15) is 10.2 Å². The van der Waals surface area contributed by atoms with Gasteiger partial charge in [-0.05, 0) is 43.0 Å². The number of aromatic nitrogens is 2. The third kappa shape index (κ3) is 3.33. The molecule has 1 aliphatic rings. The molecule has 1 aliphatic heterocycles. The summed E-state index contributed by atoms with van der Waals surface area (Å²) in [5.41, 5.74) is 9.60. The largest absolute Gasteiger partial charge is 0.390 e. The predicted octanol–water partition coefficient (Wildman–Crippen LogP) is 2.01. The number of aliphatic hydroxyl groups excluding tert-OH is 1. The van der Waals surface area contributed by atoms with E-state index in [9.17, 15) is 9.50 Å². The molecule has 0 aliphatic carbocycles. The first-order valence-electron chi connectivity index (χ1n) is 7.82. The van der Waals surface area contributed by atoms with Crippen LogP contribution in [0.1, 0.15) is 24.1 Å². The summed E-state index contributed by atoms with van der Waals surface area (Å²) in [5.74, 6) is -0.299. The molecular weight excluding hydrogens is 295 g/mol. The molecule has 2 aromatic rings. The number of anilines is 1. The predicted molar refractivity (Wildman–Crippen MR) is 87.5 cm³/mol. The van der Waals surface area contributed by atoms with Gasteiger partial charge in [-0.3, -0.25) is 0 Å². The van der Waals surface area contributed by atoms with Gasteiger partial charge in [-0.15, -0.1) is 0 Å². The number of hydrogen-bond acceptors (Lipinski definition) is 5. The Morgan fingerprint density at radius 1 is 1.30 bits per heavy atom. The Morgan fingerprint density at radius 2 is 2.04 bits per heavy atom. The molecule has 0 radical (unpaired) electrons. The summed E-state index contributed by atoms with van der Waals surface area (Å²) in [6.45, 7) is 3.25. The quantitative estimate of drug-likeness (QED) is 0.906. The van der Waals surface area contributed by atoms with Crippen LogP contribution in [0.3, 0.4) is 0 Å². The Morgan fingerprint density at radius 3 is 2.70 bits per heavy atom. The highest BCUT2D eigenvalue weighted by atomic mass is 19.1. The van der Waals surface area contributed by atoms with Crippen LogP contribution in [0.2, 0.25) is 0 Å². The molecular formula is C17H21FN4O. The average molecular weight is 316 g/mol. The number of nitrogens with two attached hydrogens (primary N) is 1. The van der Waals surface area contributed by atoms with Crippen molar-refractivity contribution in [2.45, 2.75) is 32.4 Å². The zero-order chi connectivity index (χ0) is 16.4. The van der Waals surface area contributed by atoms with Gasteiger partial charge >= 0.3 is 0 Å². The summed E-state index contributed by atoms with van der Waals surface area (Å²) in [7, 11) is 0. The second kappa shape index (κ2) is 6.60. The highest BCUT2D eigenvalue weighted by Gasteiger charge is 2.22. The summed E-state index contributed by atoms with van der Waals surface area (Å²) in [4.78, 5) is 2.19. The third-order valence-corrected chi connectivity index (χ3v) is 4.26. The second-order valence-corrected chi connectivity index (χ2v) is 6.05. The maximum absolute atomic E-state index is 13.8. The van der Waals surface area contributed by atoms with Crippen LogP contribution in [0.5, 0.6) is 0 Å². The van der Waals surface area contributed by atoms with Crippen LogP contribution in [0.4, 0.5) is 10.1 Å². The molecule has 1 fully saturated rings. The fourth-order valence-corrected chi connectivity index (χ4v) is 3.10. The second-order valence-electron chi connectivity index (χ2n) is 6.05. The molecule has 0 spiro atoms. The molecule has 0 unspecified atom stereocenters. The average Bonchev–Trinajstić information content (AvgIpc) is 2.54. The SMILES string of the molecule is Cc1cc(F)cc(-c2c(N3CCC(N)CC3)cnnc2CO)c1. The van der Waals surface area contributed by atoms with Gasteiger partial charge < -0.3 is 15.7 Å². The molecule has 1 aromatic carbocycles. The van der Waals surface area contributed by atoms with Gasteiger partial charge in [-0.25, -0.2) is 4.39 Å². The molecule has 1 aromatic heterocycles. The van der Waals surface area contributed by atoms with Crippen LogP contribution in [0.25, 0.3) is 11.1 Å². The van der Waals surface area contributed by atoms with E-state index in [1.807, 2.05) is 13.0 Å². The van der Waals surface area contributed by atoms with Crippen molar-refractivity contribution in [1.29, 1.82) is 0 Å². The van der Waals surface area contributed by atoms with Crippen molar-refractivity contribution in [2.24, 2.45) is 5.73 Å². The number of aliphatic hydroxyl groups is 1. The normalized spacial score (nSPS) is 15.9. The Kier molecular flexibility index (Phi) is 4.54. The van der Waals surface area contributed by atoms with E-state index < -0.39 is 0 Å². The van der Waals surface area contributed by atoms with Crippen molar-refractivity contribution in [3.05, 3.63) is 41.5 Å². The van der Waals surface area contributed by atoms with Crippen molar-refractivity contribution < 1.29 is 9.50 Å². The van der Waals surface area contributed by atoms with Crippen molar-refractivity contribution in [2.75, 3.05) is 18.0 Å². The van der Waals surface area contributed by atoms with Crippen LogP contribution in [-0.2, 0) is 6.61 Å². The Bertz CT molecular complexity index is 679. The van der Waals surface area contributed by atoms with Crippen molar-refractivity contribution >= 4 is 5.69 Å². The van der Waals surface area contributed by atoms with Crippen molar-refractivity contribution in [1.82, 2.24) is 10.2 Å². The lowest BCUT2D eigenvalue weighted by Gasteiger charge is -2.33. The minimum Gasteiger partial charge on any atom is -0.390 e. The third-order valence-electron chi connectivity index (χ3n) is 4.26. The number of hydrogen-bond donors (Lipinski definition) is 2. The van der Waals surface area contributed by atoms with Gasteiger partial charge in [0, 0.05) is 24.7 Å². The molecule has 23 heavy (non-hydrogen) atoms. The fourth-order valence-electron chi connectivity index (χ4n) is 3.10. The fraction of sp³-hybridized carbons (Fsp3) is 0.412. The number of nitrogens with zero attached hydrogens (tertiary/aromatic N) is 3. The van der Waals surface area contributed by atoms with Crippen LogP contribution >= 0.6 is 0 Å². The molecule has 0 saturated carbocycles. The van der Waals surface area contributed by atoms with E-state index in [0.717, 1.165) is 42.7 Å². The minimum atomic E-state index is -0.299. The molecule has 0 bridgehead atoms. The minimum absolute atomic E-state index is 0.221. The Labute approximate surface area is 135 Å². The van der Waals surface area contributed by atoms with Crippen molar-refractivity contribution in [3.63, 3.8) is 0 Å². The number of benzene rings is 1. The molecule has 5 nitrogen and oxygen atoms in total. The van der Waals surface area contributed by atoms with Gasteiger partial charge in [0.25, 0.3) is 0 Å². The van der Waals surface area contributed by atoms with Crippen LogP contribution in [0.15, 0.2) is 24.4 Å². The van der Waals surface area contributed by atoms with E-state index in [1.54, 1.807) is 6.20 Å². The van der Waals surface area contributed by atoms with Gasteiger partial charge in [0.2, 0.25) is 0 Å². The lowest BCUT2D eigenvalue weighted by molar-refractivity contribution is 0.276. The van der Waals surface area contributed by atoms with E-state index in [-0.39, 0.29) is 18.5 Å². The Balaban J connectivity index is 2.10. The summed E-state index contributed by atoms with van der Waals surface area (Å²) in [6.07, 6.45) is 3.49. The van der Waals surface area contributed by atoms with E-state index >= 15 is 0 Å². The lowest BCUT2D eigenvalue weighted by Crippen LogP contribution is -2.40. The molecule has 0 amide bonds. The smallest absolute Gasteiger partial charge is 0.124 e. The summed E-state index contributed by atoms with van der Waals surface area (Å²) < 4.78 is 13.8. The number of halogens is 1. The standard InChI is InChI=1S/C17H21FN4O/c1-11-6-12(8-13(18)7-11)17-15(10-23)21-20-9-16(17)22-4-2-14(19)3-5-22/h6-9,14,23H,2-5,10,19H2,1H3. The first-order chi connectivity index (χ1) is 11.1. The Hall–Kier alpha value is -2.05. The number of piperidine rings is 1. The highest BCUT2D eigenvalue weighted by Crippen LogP contribution is 2.34. The number of aryl methyl sites for hydroxylation is 1. The first kappa shape index (κ1) is 15.8. The van der Waals surface area contributed by atoms with Gasteiger partial charge in [0.05, 0.1) is 24.2 Å². The first-order valence-corrected chi connectivity index (χ1v) is 7.82. The van der Waals surface area contributed by atoms with Crippen LogP contribution < -0.4 is 10.6 Å². The molecule has 122 valence electrons. The van der Waals surface area contributed by atoms with E-state index in [2.05, 4.69) is 15.1 Å². The lowest BCUT2D eigenvalue weighted by atomic mass is 9.98. The molecule has 0 atom stereocenters. The van der Waals surface area contributed by atoms with Crippen LogP contribution in [-0.4, -0.2) is 34.4 Å². The number of rotatable bonds is 3. The topological polar surface area (TPSA) is 75.3 Å². The highest BCUT2D eigenvalue weighted by molar-refractivity contribution is 5.80. The van der Waals surface area contributed by atoms with E-state index in [1.165, 1.54) is 12.1 Å². The van der Waals surface area contributed by atoms with Gasteiger partial charge in [0.1, 0.15) is 5.82 Å². The maximum atomic E-state index is 13.8. The van der Waals surface area contributed by atoms with Crippen LogP contribution in [0, 0.1) is 12.7 Å². The van der Waals surface area contributed by atoms with Crippen molar-refractivity contribution in [3.8, 4) is 11.1 Å². The molecule has 3 rings (SSSR count). The summed E-state index contributed by atoms with van der Waals surface area (Å²) in [5, 5.41) is 17.7. The molecule has 1 saturated heterocycles. The van der Waals surface area contributed by atoms with Gasteiger partial charge in [0.15, 0.2) is 0 Å².